The molecule has 1 heterocycles. The predicted octanol–water partition coefficient (Wildman–Crippen LogP) is 4.47. The summed E-state index contributed by atoms with van der Waals surface area (Å²) < 4.78 is 13.5. The SMILES string of the molecule is OC(Cc1cc(Cl)ccc1F)c1cc(Cl)cs1. The zero-order valence-electron chi connectivity index (χ0n) is 8.66. The topological polar surface area (TPSA) is 20.2 Å². The summed E-state index contributed by atoms with van der Waals surface area (Å²) in [6.07, 6.45) is -0.580. The predicted molar refractivity (Wildman–Crippen MR) is 69.4 cm³/mol. The number of hydrogen-bond acceptors (Lipinski definition) is 2. The molecule has 17 heavy (non-hydrogen) atoms. The normalized spacial score (nSPS) is 12.7. The molecule has 0 aliphatic rings. The minimum absolute atomic E-state index is 0.184. The fourth-order valence-electron chi connectivity index (χ4n) is 1.51. The summed E-state index contributed by atoms with van der Waals surface area (Å²) in [5.74, 6) is -0.365. The van der Waals surface area contributed by atoms with Gasteiger partial charge in [0.2, 0.25) is 0 Å². The molecule has 0 aliphatic heterocycles. The average Bonchev–Trinajstić information content (AvgIpc) is 2.70. The average molecular weight is 291 g/mol. The van der Waals surface area contributed by atoms with Crippen LogP contribution in [0, 0.1) is 5.82 Å². The van der Waals surface area contributed by atoms with Crippen LogP contribution in [0.25, 0.3) is 0 Å². The molecule has 1 nitrogen and oxygen atoms in total. The second kappa shape index (κ2) is 5.36. The number of benzene rings is 1. The monoisotopic (exact) mass is 290 g/mol. The van der Waals surface area contributed by atoms with Crippen molar-refractivity contribution in [1.82, 2.24) is 0 Å². The molecule has 0 saturated carbocycles. The minimum atomic E-state index is -0.763. The van der Waals surface area contributed by atoms with Gasteiger partial charge in [-0.1, -0.05) is 23.2 Å². The lowest BCUT2D eigenvalue weighted by molar-refractivity contribution is 0.181. The molecule has 1 N–H and O–H groups in total. The molecule has 0 amide bonds. The molecule has 5 heteroatoms. The Morgan fingerprint density at radius 3 is 2.65 bits per heavy atom. The van der Waals surface area contributed by atoms with Crippen molar-refractivity contribution in [2.75, 3.05) is 0 Å². The van der Waals surface area contributed by atoms with E-state index in [0.29, 0.717) is 15.6 Å². The molecule has 0 saturated heterocycles. The van der Waals surface area contributed by atoms with Crippen molar-refractivity contribution in [2.24, 2.45) is 0 Å². The van der Waals surface area contributed by atoms with Crippen LogP contribution in [0.1, 0.15) is 16.5 Å². The summed E-state index contributed by atoms with van der Waals surface area (Å²) in [6.45, 7) is 0. The van der Waals surface area contributed by atoms with E-state index in [1.807, 2.05) is 0 Å². The third kappa shape index (κ3) is 3.19. The highest BCUT2D eigenvalue weighted by Crippen LogP contribution is 2.28. The van der Waals surface area contributed by atoms with Crippen LogP contribution in [0.4, 0.5) is 4.39 Å². The second-order valence-corrected chi connectivity index (χ2v) is 5.44. The molecule has 1 aromatic heterocycles. The lowest BCUT2D eigenvalue weighted by atomic mass is 10.1. The molecule has 0 radical (unpaired) electrons. The van der Waals surface area contributed by atoms with Crippen molar-refractivity contribution < 1.29 is 9.50 Å². The van der Waals surface area contributed by atoms with Crippen molar-refractivity contribution in [2.45, 2.75) is 12.5 Å². The maximum absolute atomic E-state index is 13.5. The van der Waals surface area contributed by atoms with Gasteiger partial charge in [0, 0.05) is 21.7 Å². The van der Waals surface area contributed by atoms with Crippen LogP contribution in [-0.4, -0.2) is 5.11 Å². The maximum Gasteiger partial charge on any atom is 0.126 e. The highest BCUT2D eigenvalue weighted by Gasteiger charge is 2.14. The third-order valence-corrected chi connectivity index (χ3v) is 3.95. The van der Waals surface area contributed by atoms with E-state index >= 15 is 0 Å². The Morgan fingerprint density at radius 2 is 2.00 bits per heavy atom. The van der Waals surface area contributed by atoms with Crippen LogP contribution in [-0.2, 0) is 6.42 Å². The molecule has 0 fully saturated rings. The van der Waals surface area contributed by atoms with Crippen molar-refractivity contribution in [3.8, 4) is 0 Å². The highest BCUT2D eigenvalue weighted by atomic mass is 35.5. The van der Waals surface area contributed by atoms with Gasteiger partial charge in [0.15, 0.2) is 0 Å². The smallest absolute Gasteiger partial charge is 0.126 e. The van der Waals surface area contributed by atoms with Gasteiger partial charge in [0.1, 0.15) is 5.82 Å². The van der Waals surface area contributed by atoms with Gasteiger partial charge in [-0.15, -0.1) is 11.3 Å². The van der Waals surface area contributed by atoms with Crippen molar-refractivity contribution in [1.29, 1.82) is 0 Å². The van der Waals surface area contributed by atoms with E-state index in [4.69, 9.17) is 23.2 Å². The van der Waals surface area contributed by atoms with Gasteiger partial charge in [-0.05, 0) is 29.8 Å². The first-order valence-electron chi connectivity index (χ1n) is 4.92. The van der Waals surface area contributed by atoms with E-state index in [2.05, 4.69) is 0 Å². The first kappa shape index (κ1) is 12.8. The second-order valence-electron chi connectivity index (χ2n) is 3.62. The summed E-state index contributed by atoms with van der Waals surface area (Å²) in [6, 6.07) is 5.98. The number of hydrogen-bond donors (Lipinski definition) is 1. The van der Waals surface area contributed by atoms with Crippen LogP contribution in [0.5, 0.6) is 0 Å². The Hall–Kier alpha value is -0.610. The zero-order valence-corrected chi connectivity index (χ0v) is 11.0. The molecule has 2 aromatic rings. The van der Waals surface area contributed by atoms with Gasteiger partial charge in [-0.2, -0.15) is 0 Å². The van der Waals surface area contributed by atoms with Crippen molar-refractivity contribution in [3.05, 3.63) is 55.9 Å². The summed E-state index contributed by atoms with van der Waals surface area (Å²) in [5.41, 5.74) is 0.398. The van der Waals surface area contributed by atoms with Crippen molar-refractivity contribution >= 4 is 34.5 Å². The van der Waals surface area contributed by atoms with Gasteiger partial charge in [0.25, 0.3) is 0 Å². The van der Waals surface area contributed by atoms with Crippen LogP contribution >= 0.6 is 34.5 Å². The van der Waals surface area contributed by atoms with Crippen LogP contribution in [0.15, 0.2) is 29.6 Å². The van der Waals surface area contributed by atoms with Crippen LogP contribution in [0.2, 0.25) is 10.0 Å². The van der Waals surface area contributed by atoms with E-state index in [1.54, 1.807) is 11.4 Å². The van der Waals surface area contributed by atoms with Gasteiger partial charge in [0.05, 0.1) is 11.1 Å². The molecule has 90 valence electrons. The van der Waals surface area contributed by atoms with Crippen LogP contribution in [0.3, 0.4) is 0 Å². The Balaban J connectivity index is 2.18. The first-order chi connectivity index (χ1) is 8.06. The summed E-state index contributed by atoms with van der Waals surface area (Å²) in [4.78, 5) is 0.717. The summed E-state index contributed by atoms with van der Waals surface area (Å²) in [7, 11) is 0. The number of rotatable bonds is 3. The third-order valence-electron chi connectivity index (χ3n) is 2.34. The molecule has 0 bridgehead atoms. The van der Waals surface area contributed by atoms with Gasteiger partial charge < -0.3 is 5.11 Å². The Morgan fingerprint density at radius 1 is 1.24 bits per heavy atom. The highest BCUT2D eigenvalue weighted by molar-refractivity contribution is 7.10. The fraction of sp³-hybridized carbons (Fsp3) is 0.167. The van der Waals surface area contributed by atoms with Gasteiger partial charge in [-0.25, -0.2) is 4.39 Å². The van der Waals surface area contributed by atoms with Crippen LogP contribution < -0.4 is 0 Å². The Bertz CT molecular complexity index is 527. The summed E-state index contributed by atoms with van der Waals surface area (Å²) in [5, 5.41) is 12.7. The molecule has 1 atom stereocenters. The minimum Gasteiger partial charge on any atom is -0.387 e. The molecule has 2 rings (SSSR count). The number of thiophene rings is 1. The number of aliphatic hydroxyl groups is 1. The summed E-state index contributed by atoms with van der Waals surface area (Å²) >= 11 is 12.9. The molecular formula is C12H9Cl2FOS. The number of halogens is 3. The zero-order chi connectivity index (χ0) is 12.4. The van der Waals surface area contributed by atoms with E-state index in [1.165, 1.54) is 29.5 Å². The standard InChI is InChI=1S/C12H9Cl2FOS/c13-8-1-2-10(15)7(3-8)4-11(16)12-5-9(14)6-17-12/h1-3,5-6,11,16H,4H2. The van der Waals surface area contributed by atoms with E-state index in [0.717, 1.165) is 4.88 Å². The quantitative estimate of drug-likeness (QED) is 0.884. The molecule has 1 unspecified atom stereocenters. The Labute approximate surface area is 112 Å². The molecule has 0 spiro atoms. The van der Waals surface area contributed by atoms with E-state index < -0.39 is 6.10 Å². The lowest BCUT2D eigenvalue weighted by Gasteiger charge is -2.09. The molecule has 0 aliphatic carbocycles. The van der Waals surface area contributed by atoms with Gasteiger partial charge >= 0.3 is 0 Å². The Kier molecular flexibility index (Phi) is 4.05. The fourth-order valence-corrected chi connectivity index (χ4v) is 2.77. The van der Waals surface area contributed by atoms with Gasteiger partial charge in [-0.3, -0.25) is 0 Å². The van der Waals surface area contributed by atoms with E-state index in [9.17, 15) is 9.50 Å². The maximum atomic E-state index is 13.5. The first-order valence-corrected chi connectivity index (χ1v) is 6.56. The largest absolute Gasteiger partial charge is 0.387 e. The molecule has 1 aromatic carbocycles. The molecular weight excluding hydrogens is 282 g/mol. The lowest BCUT2D eigenvalue weighted by Crippen LogP contribution is -2.01. The number of aliphatic hydroxyl groups excluding tert-OH is 1. The van der Waals surface area contributed by atoms with Crippen molar-refractivity contribution in [3.63, 3.8) is 0 Å². The van der Waals surface area contributed by atoms with E-state index in [-0.39, 0.29) is 12.2 Å².